The first kappa shape index (κ1) is 20.2. The summed E-state index contributed by atoms with van der Waals surface area (Å²) in [6.45, 7) is 8.54. The molecule has 0 spiro atoms. The molecule has 1 aliphatic rings. The van der Waals surface area contributed by atoms with Crippen molar-refractivity contribution in [2.75, 3.05) is 31.6 Å². The quantitative estimate of drug-likeness (QED) is 0.614. The van der Waals surface area contributed by atoms with Gasteiger partial charge in [-0.15, -0.1) is 10.2 Å². The van der Waals surface area contributed by atoms with Gasteiger partial charge in [-0.25, -0.2) is 4.99 Å². The van der Waals surface area contributed by atoms with Gasteiger partial charge in [-0.1, -0.05) is 12.1 Å². The Kier molecular flexibility index (Phi) is 6.90. The highest BCUT2D eigenvalue weighted by Gasteiger charge is 2.12. The van der Waals surface area contributed by atoms with Crippen molar-refractivity contribution in [1.82, 2.24) is 25.0 Å². The molecule has 1 fully saturated rings. The lowest BCUT2D eigenvalue weighted by Gasteiger charge is -2.29. The lowest BCUT2D eigenvalue weighted by atomic mass is 10.1. The van der Waals surface area contributed by atoms with Crippen LogP contribution in [0.15, 0.2) is 29.3 Å². The van der Waals surface area contributed by atoms with E-state index in [0.29, 0.717) is 6.54 Å². The standard InChI is InChI=1S/C21H33N7/c1-5-22-21(23-15-20-25-24-17(2)27(20)4)26(3)16-18-9-11-19(12-10-18)28-13-7-6-8-14-28/h9-12H,5-8,13-16H2,1-4H3,(H,22,23). The van der Waals surface area contributed by atoms with E-state index in [1.165, 1.54) is 43.6 Å². The first-order valence-corrected chi connectivity index (χ1v) is 10.3. The number of aliphatic imine (C=N–C) groups is 1. The van der Waals surface area contributed by atoms with E-state index in [9.17, 15) is 0 Å². The van der Waals surface area contributed by atoms with Gasteiger partial charge >= 0.3 is 0 Å². The summed E-state index contributed by atoms with van der Waals surface area (Å²) in [5, 5.41) is 11.7. The highest BCUT2D eigenvalue weighted by molar-refractivity contribution is 5.79. The van der Waals surface area contributed by atoms with Gasteiger partial charge in [-0.3, -0.25) is 0 Å². The second kappa shape index (κ2) is 9.57. The molecular weight excluding hydrogens is 350 g/mol. The van der Waals surface area contributed by atoms with Crippen LogP contribution in [0.4, 0.5) is 5.69 Å². The van der Waals surface area contributed by atoms with Crippen LogP contribution in [-0.4, -0.2) is 52.3 Å². The highest BCUT2D eigenvalue weighted by atomic mass is 15.3. The Balaban J connectivity index is 1.63. The Morgan fingerprint density at radius 3 is 2.46 bits per heavy atom. The van der Waals surface area contributed by atoms with Crippen molar-refractivity contribution < 1.29 is 0 Å². The van der Waals surface area contributed by atoms with Crippen LogP contribution < -0.4 is 10.2 Å². The lowest BCUT2D eigenvalue weighted by molar-refractivity contribution is 0.476. The molecule has 0 bridgehead atoms. The second-order valence-corrected chi connectivity index (χ2v) is 7.46. The third kappa shape index (κ3) is 5.03. The van der Waals surface area contributed by atoms with Gasteiger partial charge in [0.05, 0.1) is 0 Å². The Morgan fingerprint density at radius 2 is 1.86 bits per heavy atom. The molecule has 7 heteroatoms. The van der Waals surface area contributed by atoms with Crippen LogP contribution in [0, 0.1) is 6.92 Å². The summed E-state index contributed by atoms with van der Waals surface area (Å²) in [5.74, 6) is 2.65. The number of anilines is 1. The molecular formula is C21H33N7. The van der Waals surface area contributed by atoms with Crippen molar-refractivity contribution in [3.05, 3.63) is 41.5 Å². The molecule has 0 atom stereocenters. The highest BCUT2D eigenvalue weighted by Crippen LogP contribution is 2.20. The Labute approximate surface area is 168 Å². The van der Waals surface area contributed by atoms with Crippen molar-refractivity contribution in [1.29, 1.82) is 0 Å². The number of aromatic nitrogens is 3. The summed E-state index contributed by atoms with van der Waals surface area (Å²) in [4.78, 5) is 9.39. The van der Waals surface area contributed by atoms with Crippen molar-refractivity contribution in [3.8, 4) is 0 Å². The van der Waals surface area contributed by atoms with E-state index in [1.807, 2.05) is 18.5 Å². The van der Waals surface area contributed by atoms with E-state index >= 15 is 0 Å². The maximum atomic E-state index is 4.74. The van der Waals surface area contributed by atoms with Crippen molar-refractivity contribution in [3.63, 3.8) is 0 Å². The van der Waals surface area contributed by atoms with Crippen LogP contribution >= 0.6 is 0 Å². The fraction of sp³-hybridized carbons (Fsp3) is 0.571. The minimum atomic E-state index is 0.512. The Morgan fingerprint density at radius 1 is 1.14 bits per heavy atom. The molecule has 0 radical (unpaired) electrons. The molecule has 1 aliphatic heterocycles. The predicted octanol–water partition coefficient (Wildman–Crippen LogP) is 2.71. The molecule has 1 aromatic heterocycles. The molecule has 1 aromatic carbocycles. The molecule has 7 nitrogen and oxygen atoms in total. The van der Waals surface area contributed by atoms with Crippen LogP contribution in [0.3, 0.4) is 0 Å². The van der Waals surface area contributed by atoms with Crippen LogP contribution in [0.25, 0.3) is 0 Å². The topological polar surface area (TPSA) is 61.6 Å². The molecule has 152 valence electrons. The number of hydrogen-bond donors (Lipinski definition) is 1. The van der Waals surface area contributed by atoms with E-state index < -0.39 is 0 Å². The average molecular weight is 384 g/mol. The minimum absolute atomic E-state index is 0.512. The molecule has 1 saturated heterocycles. The summed E-state index contributed by atoms with van der Waals surface area (Å²) >= 11 is 0. The number of aryl methyl sites for hydroxylation is 1. The minimum Gasteiger partial charge on any atom is -0.372 e. The summed E-state index contributed by atoms with van der Waals surface area (Å²) in [7, 11) is 4.04. The summed E-state index contributed by atoms with van der Waals surface area (Å²) in [6.07, 6.45) is 3.97. The van der Waals surface area contributed by atoms with E-state index in [-0.39, 0.29) is 0 Å². The van der Waals surface area contributed by atoms with Crippen LogP contribution in [-0.2, 0) is 20.1 Å². The maximum Gasteiger partial charge on any atom is 0.194 e. The number of hydrogen-bond acceptors (Lipinski definition) is 4. The van der Waals surface area contributed by atoms with E-state index in [0.717, 1.165) is 30.7 Å². The monoisotopic (exact) mass is 383 g/mol. The van der Waals surface area contributed by atoms with Crippen molar-refractivity contribution in [2.24, 2.45) is 12.0 Å². The van der Waals surface area contributed by atoms with E-state index in [1.54, 1.807) is 0 Å². The van der Waals surface area contributed by atoms with Gasteiger partial charge in [0.2, 0.25) is 0 Å². The van der Waals surface area contributed by atoms with Gasteiger partial charge < -0.3 is 19.7 Å². The molecule has 0 saturated carbocycles. The first-order valence-electron chi connectivity index (χ1n) is 10.3. The molecule has 0 amide bonds. The number of rotatable bonds is 6. The van der Waals surface area contributed by atoms with Crippen LogP contribution in [0.5, 0.6) is 0 Å². The summed E-state index contributed by atoms with van der Waals surface area (Å²) in [5.41, 5.74) is 2.62. The van der Waals surface area contributed by atoms with E-state index in [2.05, 4.69) is 63.6 Å². The van der Waals surface area contributed by atoms with Gasteiger partial charge in [-0.2, -0.15) is 0 Å². The Hall–Kier alpha value is -2.57. The zero-order valence-electron chi connectivity index (χ0n) is 17.6. The first-order chi connectivity index (χ1) is 13.6. The van der Waals surface area contributed by atoms with Gasteiger partial charge in [0.15, 0.2) is 11.8 Å². The summed E-state index contributed by atoms with van der Waals surface area (Å²) in [6, 6.07) is 8.97. The predicted molar refractivity (Wildman–Crippen MR) is 115 cm³/mol. The van der Waals surface area contributed by atoms with Gasteiger partial charge in [0.25, 0.3) is 0 Å². The SMILES string of the molecule is CCNC(=NCc1nnc(C)n1C)N(C)Cc1ccc(N2CCCCC2)cc1. The molecule has 0 unspecified atom stereocenters. The number of piperidine rings is 1. The molecule has 0 aliphatic carbocycles. The van der Waals surface area contributed by atoms with Gasteiger partial charge in [0, 0.05) is 46.0 Å². The number of nitrogens with one attached hydrogen (secondary N) is 1. The van der Waals surface area contributed by atoms with Gasteiger partial charge in [-0.05, 0) is 50.8 Å². The smallest absolute Gasteiger partial charge is 0.194 e. The third-order valence-corrected chi connectivity index (χ3v) is 5.33. The molecule has 2 aromatic rings. The Bertz CT molecular complexity index is 773. The molecule has 28 heavy (non-hydrogen) atoms. The third-order valence-electron chi connectivity index (χ3n) is 5.33. The van der Waals surface area contributed by atoms with Crippen LogP contribution in [0.1, 0.15) is 43.4 Å². The number of guanidine groups is 1. The fourth-order valence-corrected chi connectivity index (χ4v) is 3.52. The van der Waals surface area contributed by atoms with Crippen molar-refractivity contribution in [2.45, 2.75) is 46.2 Å². The lowest BCUT2D eigenvalue weighted by Crippen LogP contribution is -2.38. The number of benzene rings is 1. The summed E-state index contributed by atoms with van der Waals surface area (Å²) < 4.78 is 1.98. The fourth-order valence-electron chi connectivity index (χ4n) is 3.52. The average Bonchev–Trinajstić information content (AvgIpc) is 3.04. The zero-order valence-corrected chi connectivity index (χ0v) is 17.6. The van der Waals surface area contributed by atoms with Crippen molar-refractivity contribution >= 4 is 11.6 Å². The van der Waals surface area contributed by atoms with E-state index in [4.69, 9.17) is 4.99 Å². The molecule has 2 heterocycles. The maximum absolute atomic E-state index is 4.74. The molecule has 3 rings (SSSR count). The van der Waals surface area contributed by atoms with Gasteiger partial charge in [0.1, 0.15) is 12.4 Å². The zero-order chi connectivity index (χ0) is 19.9. The second-order valence-electron chi connectivity index (χ2n) is 7.46. The molecule has 1 N–H and O–H groups in total. The largest absolute Gasteiger partial charge is 0.372 e. The normalized spacial score (nSPS) is 15.0. The number of nitrogens with zero attached hydrogens (tertiary/aromatic N) is 6. The van der Waals surface area contributed by atoms with Crippen LogP contribution in [0.2, 0.25) is 0 Å².